The van der Waals surface area contributed by atoms with Crippen molar-refractivity contribution in [2.75, 3.05) is 13.2 Å². The van der Waals surface area contributed by atoms with Crippen molar-refractivity contribution < 1.29 is 9.47 Å². The average molecular weight is 365 g/mol. The van der Waals surface area contributed by atoms with Gasteiger partial charge in [0.2, 0.25) is 5.88 Å². The summed E-state index contributed by atoms with van der Waals surface area (Å²) in [5.74, 6) is 0.467. The average Bonchev–Trinajstić information content (AvgIpc) is 2.54. The second-order valence-electron chi connectivity index (χ2n) is 5.21. The van der Waals surface area contributed by atoms with Crippen molar-refractivity contribution in [1.29, 1.82) is 0 Å². The monoisotopic (exact) mass is 364 g/mol. The molecular weight excluding hydrogens is 348 g/mol. The first-order valence-electron chi connectivity index (χ1n) is 7.28. The predicted molar refractivity (Wildman–Crippen MR) is 86.2 cm³/mol. The first-order valence-corrected chi connectivity index (χ1v) is 8.07. The van der Waals surface area contributed by atoms with Crippen LogP contribution in [0.15, 0.2) is 45.7 Å². The van der Waals surface area contributed by atoms with Gasteiger partial charge in [-0.1, -0.05) is 30.3 Å². The molecule has 0 radical (unpaired) electrons. The van der Waals surface area contributed by atoms with Crippen LogP contribution in [-0.2, 0) is 11.3 Å². The fraction of sp³-hybridized carbons (Fsp3) is 0.375. The SMILES string of the molecule is O=c1c(Br)cc(OC2CCOCC2)nn1Cc1ccccc1. The molecule has 0 atom stereocenters. The van der Waals surface area contributed by atoms with Crippen molar-refractivity contribution >= 4 is 15.9 Å². The van der Waals surface area contributed by atoms with Crippen LogP contribution < -0.4 is 10.3 Å². The van der Waals surface area contributed by atoms with Crippen LogP contribution in [0.2, 0.25) is 0 Å². The molecule has 0 saturated carbocycles. The molecule has 0 amide bonds. The zero-order chi connectivity index (χ0) is 15.4. The highest BCUT2D eigenvalue weighted by Crippen LogP contribution is 2.17. The van der Waals surface area contributed by atoms with Crippen molar-refractivity contribution in [2.24, 2.45) is 0 Å². The Morgan fingerprint density at radius 3 is 2.73 bits per heavy atom. The Morgan fingerprint density at radius 1 is 1.27 bits per heavy atom. The normalized spacial score (nSPS) is 15.7. The van der Waals surface area contributed by atoms with E-state index in [0.29, 0.717) is 30.1 Å². The van der Waals surface area contributed by atoms with Gasteiger partial charge in [-0.25, -0.2) is 4.68 Å². The van der Waals surface area contributed by atoms with E-state index in [1.807, 2.05) is 30.3 Å². The summed E-state index contributed by atoms with van der Waals surface area (Å²) in [5.41, 5.74) is 0.857. The van der Waals surface area contributed by atoms with Gasteiger partial charge in [0.15, 0.2) is 0 Å². The minimum absolute atomic E-state index is 0.0934. The van der Waals surface area contributed by atoms with Crippen molar-refractivity contribution in [3.63, 3.8) is 0 Å². The summed E-state index contributed by atoms with van der Waals surface area (Å²) in [6, 6.07) is 11.4. The third-order valence-corrected chi connectivity index (χ3v) is 4.11. The Morgan fingerprint density at radius 2 is 2.00 bits per heavy atom. The molecule has 1 aliphatic heterocycles. The lowest BCUT2D eigenvalue weighted by Gasteiger charge is -2.23. The van der Waals surface area contributed by atoms with Crippen LogP contribution in [0, 0.1) is 0 Å². The summed E-state index contributed by atoms with van der Waals surface area (Å²) in [6.07, 6.45) is 1.78. The number of benzene rings is 1. The Hall–Kier alpha value is -1.66. The standard InChI is InChI=1S/C16H17BrN2O3/c17-14-10-15(22-13-6-8-21-9-7-13)18-19(16(14)20)11-12-4-2-1-3-5-12/h1-5,10,13H,6-9,11H2. The van der Waals surface area contributed by atoms with Crippen LogP contribution in [0.5, 0.6) is 5.88 Å². The quantitative estimate of drug-likeness (QED) is 0.836. The highest BCUT2D eigenvalue weighted by Gasteiger charge is 2.17. The summed E-state index contributed by atoms with van der Waals surface area (Å²) in [6.45, 7) is 1.83. The molecule has 22 heavy (non-hydrogen) atoms. The van der Waals surface area contributed by atoms with Crippen molar-refractivity contribution in [2.45, 2.75) is 25.5 Å². The van der Waals surface area contributed by atoms with Gasteiger partial charge in [0, 0.05) is 18.9 Å². The van der Waals surface area contributed by atoms with E-state index < -0.39 is 0 Å². The summed E-state index contributed by atoms with van der Waals surface area (Å²) in [5, 5.41) is 4.33. The molecule has 6 heteroatoms. The van der Waals surface area contributed by atoms with Gasteiger partial charge >= 0.3 is 0 Å². The molecule has 2 aromatic rings. The van der Waals surface area contributed by atoms with E-state index >= 15 is 0 Å². The highest BCUT2D eigenvalue weighted by atomic mass is 79.9. The van der Waals surface area contributed by atoms with E-state index in [-0.39, 0.29) is 11.7 Å². The smallest absolute Gasteiger partial charge is 0.281 e. The van der Waals surface area contributed by atoms with Gasteiger partial charge in [-0.15, -0.1) is 5.10 Å². The van der Waals surface area contributed by atoms with E-state index in [4.69, 9.17) is 9.47 Å². The van der Waals surface area contributed by atoms with Gasteiger partial charge in [-0.3, -0.25) is 4.79 Å². The van der Waals surface area contributed by atoms with Crippen LogP contribution in [0.1, 0.15) is 18.4 Å². The maximum Gasteiger partial charge on any atom is 0.281 e. The lowest BCUT2D eigenvalue weighted by atomic mass is 10.2. The van der Waals surface area contributed by atoms with Gasteiger partial charge in [0.25, 0.3) is 5.56 Å². The zero-order valence-corrected chi connectivity index (χ0v) is 13.7. The molecule has 0 aliphatic carbocycles. The summed E-state index contributed by atoms with van der Waals surface area (Å²) in [4.78, 5) is 12.2. The number of ether oxygens (including phenoxy) is 2. The number of hydrogen-bond donors (Lipinski definition) is 0. The molecule has 0 unspecified atom stereocenters. The van der Waals surface area contributed by atoms with Crippen LogP contribution in [-0.4, -0.2) is 29.1 Å². The second kappa shape index (κ2) is 7.07. The summed E-state index contributed by atoms with van der Waals surface area (Å²) < 4.78 is 13.1. The summed E-state index contributed by atoms with van der Waals surface area (Å²) in [7, 11) is 0. The molecule has 1 aromatic heterocycles. The molecule has 1 aromatic carbocycles. The van der Waals surface area contributed by atoms with Crippen molar-refractivity contribution in [3.8, 4) is 5.88 Å². The van der Waals surface area contributed by atoms with Gasteiger partial charge in [0.05, 0.1) is 24.2 Å². The lowest BCUT2D eigenvalue weighted by molar-refractivity contribution is 0.0229. The molecule has 5 nitrogen and oxygen atoms in total. The van der Waals surface area contributed by atoms with E-state index in [9.17, 15) is 4.79 Å². The molecule has 0 spiro atoms. The van der Waals surface area contributed by atoms with E-state index in [1.54, 1.807) is 6.07 Å². The largest absolute Gasteiger partial charge is 0.473 e. The van der Waals surface area contributed by atoms with Crippen molar-refractivity contribution in [1.82, 2.24) is 9.78 Å². The number of hydrogen-bond acceptors (Lipinski definition) is 4. The van der Waals surface area contributed by atoms with Gasteiger partial charge in [-0.05, 0) is 21.5 Å². The lowest BCUT2D eigenvalue weighted by Crippen LogP contribution is -2.29. The van der Waals surface area contributed by atoms with Crippen LogP contribution in [0.25, 0.3) is 0 Å². The van der Waals surface area contributed by atoms with Gasteiger partial charge in [0.1, 0.15) is 6.10 Å². The molecule has 1 saturated heterocycles. The van der Waals surface area contributed by atoms with Gasteiger partial charge in [-0.2, -0.15) is 0 Å². The number of halogens is 1. The van der Waals surface area contributed by atoms with Crippen LogP contribution >= 0.6 is 15.9 Å². The molecular formula is C16H17BrN2O3. The van der Waals surface area contributed by atoms with Crippen LogP contribution in [0.3, 0.4) is 0 Å². The maximum absolute atomic E-state index is 12.2. The Balaban J connectivity index is 1.81. The highest BCUT2D eigenvalue weighted by molar-refractivity contribution is 9.10. The summed E-state index contributed by atoms with van der Waals surface area (Å²) >= 11 is 3.30. The second-order valence-corrected chi connectivity index (χ2v) is 6.06. The van der Waals surface area contributed by atoms with Crippen molar-refractivity contribution in [3.05, 3.63) is 56.8 Å². The number of nitrogens with zero attached hydrogens (tertiary/aromatic N) is 2. The molecule has 2 heterocycles. The Labute approximate surface area is 137 Å². The minimum Gasteiger partial charge on any atom is -0.473 e. The topological polar surface area (TPSA) is 53.4 Å². The fourth-order valence-corrected chi connectivity index (χ4v) is 2.77. The Bertz CT molecular complexity index is 682. The molecule has 3 rings (SSSR count). The van der Waals surface area contributed by atoms with E-state index in [0.717, 1.165) is 18.4 Å². The minimum atomic E-state index is -0.164. The predicted octanol–water partition coefficient (Wildman–Crippen LogP) is 2.61. The Kier molecular flexibility index (Phi) is 4.90. The molecule has 0 bridgehead atoms. The third-order valence-electron chi connectivity index (χ3n) is 3.54. The number of aromatic nitrogens is 2. The van der Waals surface area contributed by atoms with Crippen LogP contribution in [0.4, 0.5) is 0 Å². The molecule has 1 fully saturated rings. The first-order chi connectivity index (χ1) is 10.7. The third kappa shape index (κ3) is 3.75. The molecule has 0 N–H and O–H groups in total. The fourth-order valence-electron chi connectivity index (χ4n) is 2.37. The van der Waals surface area contributed by atoms with E-state index in [2.05, 4.69) is 21.0 Å². The molecule has 116 valence electrons. The number of rotatable bonds is 4. The molecule has 1 aliphatic rings. The van der Waals surface area contributed by atoms with Gasteiger partial charge < -0.3 is 9.47 Å². The zero-order valence-electron chi connectivity index (χ0n) is 12.1. The maximum atomic E-state index is 12.2. The first kappa shape index (κ1) is 15.2. The van der Waals surface area contributed by atoms with E-state index in [1.165, 1.54) is 4.68 Å².